The molecule has 120 valence electrons. The number of nitrogens with zero attached hydrogens (tertiary/aromatic N) is 2. The smallest absolute Gasteiger partial charge is 0.317 e. The quantitative estimate of drug-likeness (QED) is 0.872. The first-order valence-corrected chi connectivity index (χ1v) is 7.79. The molecule has 1 aromatic rings. The third-order valence-electron chi connectivity index (χ3n) is 3.97. The third kappa shape index (κ3) is 2.74. The van der Waals surface area contributed by atoms with Crippen LogP contribution in [0.1, 0.15) is 26.3 Å². The van der Waals surface area contributed by atoms with Crippen molar-refractivity contribution in [2.45, 2.75) is 27.7 Å². The summed E-state index contributed by atoms with van der Waals surface area (Å²) in [5, 5.41) is 1.92. The molecule has 1 aromatic carbocycles. The number of aliphatic imine (C=N–C) groups is 1. The van der Waals surface area contributed by atoms with Crippen LogP contribution in [0.2, 0.25) is 0 Å². The van der Waals surface area contributed by atoms with Crippen molar-refractivity contribution in [3.8, 4) is 0 Å². The number of rotatable bonds is 3. The first-order valence-electron chi connectivity index (χ1n) is 7.79. The van der Waals surface area contributed by atoms with Crippen LogP contribution in [0.15, 0.2) is 52.3 Å². The van der Waals surface area contributed by atoms with Crippen molar-refractivity contribution in [2.24, 2.45) is 10.9 Å². The van der Waals surface area contributed by atoms with Crippen molar-refractivity contribution in [1.82, 2.24) is 5.43 Å². The summed E-state index contributed by atoms with van der Waals surface area (Å²) < 4.78 is 5.22. The van der Waals surface area contributed by atoms with Gasteiger partial charge in [0.25, 0.3) is 0 Å². The van der Waals surface area contributed by atoms with Crippen LogP contribution in [-0.4, -0.2) is 18.4 Å². The summed E-state index contributed by atoms with van der Waals surface area (Å²) >= 11 is 0. The van der Waals surface area contributed by atoms with Crippen LogP contribution in [0.3, 0.4) is 0 Å². The first-order chi connectivity index (χ1) is 11.0. The number of anilines is 1. The summed E-state index contributed by atoms with van der Waals surface area (Å²) in [4.78, 5) is 17.0. The van der Waals surface area contributed by atoms with Crippen LogP contribution in [0.5, 0.6) is 0 Å². The fourth-order valence-corrected chi connectivity index (χ4v) is 2.88. The summed E-state index contributed by atoms with van der Waals surface area (Å²) in [7, 11) is 0. The molecule has 1 N–H and O–H groups in total. The molecule has 0 aliphatic carbocycles. The number of carbonyl (C=O) groups is 1. The van der Waals surface area contributed by atoms with Crippen molar-refractivity contribution < 1.29 is 9.53 Å². The largest absolute Gasteiger partial charge is 0.465 e. The number of hydrazine groups is 1. The number of allylic oxidation sites excluding steroid dienone is 2. The highest BCUT2D eigenvalue weighted by Crippen LogP contribution is 2.33. The second-order valence-electron chi connectivity index (χ2n) is 5.79. The zero-order valence-electron chi connectivity index (χ0n) is 13.9. The Morgan fingerprint density at radius 3 is 2.61 bits per heavy atom. The molecule has 2 aliphatic heterocycles. The van der Waals surface area contributed by atoms with E-state index in [4.69, 9.17) is 4.74 Å². The average molecular weight is 311 g/mol. The van der Waals surface area contributed by atoms with Gasteiger partial charge in [-0.25, -0.2) is 10.0 Å². The Morgan fingerprint density at radius 2 is 1.96 bits per heavy atom. The Morgan fingerprint density at radius 1 is 1.26 bits per heavy atom. The zero-order valence-corrected chi connectivity index (χ0v) is 13.9. The van der Waals surface area contributed by atoms with Crippen molar-refractivity contribution in [2.75, 3.05) is 11.6 Å². The molecule has 5 heteroatoms. The lowest BCUT2D eigenvalue weighted by Crippen LogP contribution is -2.38. The predicted octanol–water partition coefficient (Wildman–Crippen LogP) is 3.09. The van der Waals surface area contributed by atoms with E-state index in [0.29, 0.717) is 6.61 Å². The Bertz CT molecular complexity index is 729. The Balaban J connectivity index is 1.99. The van der Waals surface area contributed by atoms with Gasteiger partial charge in [0.05, 0.1) is 12.3 Å². The maximum atomic E-state index is 12.3. The lowest BCUT2D eigenvalue weighted by Gasteiger charge is -2.24. The minimum atomic E-state index is -0.412. The van der Waals surface area contributed by atoms with Gasteiger partial charge in [-0.3, -0.25) is 10.2 Å². The summed E-state index contributed by atoms with van der Waals surface area (Å²) in [6, 6.07) is 8.18. The van der Waals surface area contributed by atoms with Gasteiger partial charge >= 0.3 is 5.97 Å². The molecule has 0 amide bonds. The topological polar surface area (TPSA) is 53.9 Å². The molecule has 5 nitrogen and oxygen atoms in total. The number of carbonyl (C=O) groups excluding carboxylic acids is 1. The van der Waals surface area contributed by atoms with Gasteiger partial charge in [-0.05, 0) is 45.9 Å². The van der Waals surface area contributed by atoms with E-state index in [1.807, 2.05) is 44.0 Å². The van der Waals surface area contributed by atoms with E-state index < -0.39 is 5.92 Å². The van der Waals surface area contributed by atoms with Gasteiger partial charge < -0.3 is 4.74 Å². The molecule has 0 aromatic heterocycles. The number of ether oxygens (including phenoxy) is 1. The molecule has 0 fully saturated rings. The number of fused-ring (bicyclic) bond motifs is 1. The SMILES string of the molecule is CCOC(=O)C1C=C(C)N=C2C1=C(C)NN2c1ccc(C)cc1. The molecule has 1 atom stereocenters. The van der Waals surface area contributed by atoms with Crippen LogP contribution in [0.4, 0.5) is 5.69 Å². The second kappa shape index (κ2) is 5.91. The average Bonchev–Trinajstić information content (AvgIpc) is 2.84. The molecular weight excluding hydrogens is 290 g/mol. The third-order valence-corrected chi connectivity index (χ3v) is 3.97. The Labute approximate surface area is 136 Å². The van der Waals surface area contributed by atoms with Crippen LogP contribution >= 0.6 is 0 Å². The van der Waals surface area contributed by atoms with Crippen LogP contribution in [0.25, 0.3) is 0 Å². The van der Waals surface area contributed by atoms with Gasteiger partial charge in [-0.1, -0.05) is 17.7 Å². The summed E-state index contributed by atoms with van der Waals surface area (Å²) in [5.74, 6) is 0.121. The predicted molar refractivity (Wildman–Crippen MR) is 90.8 cm³/mol. The van der Waals surface area contributed by atoms with E-state index >= 15 is 0 Å². The number of benzene rings is 1. The van der Waals surface area contributed by atoms with E-state index in [2.05, 4.69) is 29.5 Å². The first kappa shape index (κ1) is 15.3. The lowest BCUT2D eigenvalue weighted by molar-refractivity contribution is -0.145. The fraction of sp³-hybridized carbons (Fsp3) is 0.333. The number of hydrogen-bond donors (Lipinski definition) is 1. The summed E-state index contributed by atoms with van der Waals surface area (Å²) in [6.45, 7) is 8.10. The number of hydrogen-bond acceptors (Lipinski definition) is 5. The Kier molecular flexibility index (Phi) is 3.94. The Hall–Kier alpha value is -2.56. The van der Waals surface area contributed by atoms with Gasteiger partial charge in [0.2, 0.25) is 0 Å². The number of nitrogens with one attached hydrogen (secondary N) is 1. The highest BCUT2D eigenvalue weighted by molar-refractivity contribution is 6.15. The van der Waals surface area contributed by atoms with E-state index in [0.717, 1.165) is 28.5 Å². The van der Waals surface area contributed by atoms with Crippen molar-refractivity contribution in [1.29, 1.82) is 0 Å². The van der Waals surface area contributed by atoms with E-state index in [-0.39, 0.29) is 5.97 Å². The molecule has 0 saturated carbocycles. The van der Waals surface area contributed by atoms with E-state index in [1.165, 1.54) is 5.56 Å². The zero-order chi connectivity index (χ0) is 16.6. The number of esters is 1. The molecule has 0 spiro atoms. The van der Waals surface area contributed by atoms with Gasteiger partial charge in [0, 0.05) is 17.0 Å². The lowest BCUT2D eigenvalue weighted by atomic mass is 9.93. The van der Waals surface area contributed by atoms with Crippen molar-refractivity contribution in [3.05, 3.63) is 52.9 Å². The molecule has 3 rings (SSSR count). The molecule has 1 unspecified atom stereocenters. The minimum Gasteiger partial charge on any atom is -0.465 e. The van der Waals surface area contributed by atoms with Crippen molar-refractivity contribution >= 4 is 17.5 Å². The minimum absolute atomic E-state index is 0.235. The monoisotopic (exact) mass is 311 g/mol. The van der Waals surface area contributed by atoms with Gasteiger partial charge in [-0.2, -0.15) is 0 Å². The van der Waals surface area contributed by atoms with Crippen LogP contribution < -0.4 is 10.4 Å². The summed E-state index contributed by atoms with van der Waals surface area (Å²) in [6.07, 6.45) is 1.86. The van der Waals surface area contributed by atoms with Crippen LogP contribution in [0, 0.1) is 12.8 Å². The maximum absolute atomic E-state index is 12.3. The van der Waals surface area contributed by atoms with E-state index in [1.54, 1.807) is 0 Å². The second-order valence-corrected chi connectivity index (χ2v) is 5.79. The van der Waals surface area contributed by atoms with Gasteiger partial charge in [0.1, 0.15) is 5.92 Å². The molecule has 0 radical (unpaired) electrons. The van der Waals surface area contributed by atoms with Crippen LogP contribution in [-0.2, 0) is 9.53 Å². The molecule has 2 aliphatic rings. The van der Waals surface area contributed by atoms with Crippen molar-refractivity contribution in [3.63, 3.8) is 0 Å². The number of aryl methyl sites for hydroxylation is 1. The molecular formula is C18H21N3O2. The van der Waals surface area contributed by atoms with E-state index in [9.17, 15) is 4.79 Å². The maximum Gasteiger partial charge on any atom is 0.317 e. The molecule has 23 heavy (non-hydrogen) atoms. The molecule has 2 heterocycles. The normalized spacial score (nSPS) is 19.8. The number of amidine groups is 1. The summed E-state index contributed by atoms with van der Waals surface area (Å²) in [5.41, 5.74) is 8.13. The highest BCUT2D eigenvalue weighted by atomic mass is 16.5. The van der Waals surface area contributed by atoms with Gasteiger partial charge in [-0.15, -0.1) is 0 Å². The van der Waals surface area contributed by atoms with Gasteiger partial charge in [0.15, 0.2) is 5.84 Å². The standard InChI is InChI=1S/C18H21N3O2/c1-5-23-18(22)15-10-12(3)19-17-16(15)13(4)20-21(17)14-8-6-11(2)7-9-14/h6-10,15,20H,5H2,1-4H3. The fourth-order valence-electron chi connectivity index (χ4n) is 2.88. The molecule has 0 saturated heterocycles. The molecule has 0 bridgehead atoms. The highest BCUT2D eigenvalue weighted by Gasteiger charge is 2.38.